The van der Waals surface area contributed by atoms with Gasteiger partial charge in [0, 0.05) is 30.1 Å². The molecule has 0 saturated carbocycles. The molecule has 1 aliphatic heterocycles. The molecule has 1 aliphatic rings. The van der Waals surface area contributed by atoms with E-state index in [0.717, 1.165) is 23.5 Å². The van der Waals surface area contributed by atoms with Crippen molar-refractivity contribution in [2.45, 2.75) is 33.2 Å². The van der Waals surface area contributed by atoms with Gasteiger partial charge in [-0.15, -0.1) is 0 Å². The predicted octanol–water partition coefficient (Wildman–Crippen LogP) is 2.00. The summed E-state index contributed by atoms with van der Waals surface area (Å²) >= 11 is 0. The van der Waals surface area contributed by atoms with Gasteiger partial charge in [0.2, 0.25) is 12.4 Å². The molecule has 7 heteroatoms. The van der Waals surface area contributed by atoms with Gasteiger partial charge >= 0.3 is 0 Å². The fraction of sp³-hybridized carbons (Fsp3) is 0.462. The number of anilines is 1. The third-order valence-electron chi connectivity index (χ3n) is 3.32. The highest BCUT2D eigenvalue weighted by molar-refractivity contribution is 5.51. The van der Waals surface area contributed by atoms with Crippen molar-refractivity contribution in [3.05, 3.63) is 28.8 Å². The minimum Gasteiger partial charge on any atom is -0.336 e. The number of aryl methyl sites for hydroxylation is 2. The Morgan fingerprint density at radius 3 is 2.65 bits per heavy atom. The number of rotatable bonds is 4. The maximum Gasteiger partial charge on any atom is 0.227 e. The smallest absolute Gasteiger partial charge is 0.227 e. The highest BCUT2D eigenvalue weighted by atomic mass is 16.1. The van der Waals surface area contributed by atoms with Crippen LogP contribution in [0.4, 0.5) is 5.95 Å². The van der Waals surface area contributed by atoms with Crippen LogP contribution in [-0.2, 0) is 4.79 Å². The summed E-state index contributed by atoms with van der Waals surface area (Å²) in [5.74, 6) is 0.505. The van der Waals surface area contributed by atoms with Gasteiger partial charge in [0.05, 0.1) is 6.04 Å². The Kier molecular flexibility index (Phi) is 4.07. The molecule has 20 heavy (non-hydrogen) atoms. The number of carbonyl (C=O) groups is 1. The van der Waals surface area contributed by atoms with E-state index in [4.69, 9.17) is 5.53 Å². The van der Waals surface area contributed by atoms with Gasteiger partial charge in [0.15, 0.2) is 0 Å². The Morgan fingerprint density at radius 1 is 1.45 bits per heavy atom. The first kappa shape index (κ1) is 14.1. The number of aromatic nitrogens is 2. The SMILES string of the molecule is Cc1cc(C)nc(NC2=C(N=N)C(C)N(C=O)CC2)n1. The van der Waals surface area contributed by atoms with Crippen molar-refractivity contribution in [2.24, 2.45) is 5.11 Å². The summed E-state index contributed by atoms with van der Waals surface area (Å²) < 4.78 is 0. The van der Waals surface area contributed by atoms with Gasteiger partial charge < -0.3 is 10.2 Å². The quantitative estimate of drug-likeness (QED) is 0.648. The Balaban J connectivity index is 2.30. The summed E-state index contributed by atoms with van der Waals surface area (Å²) in [6.07, 6.45) is 1.40. The molecule has 0 saturated heterocycles. The summed E-state index contributed by atoms with van der Waals surface area (Å²) in [4.78, 5) is 21.2. The molecule has 0 aromatic carbocycles. The summed E-state index contributed by atoms with van der Waals surface area (Å²) in [5, 5.41) is 6.70. The van der Waals surface area contributed by atoms with Crippen molar-refractivity contribution < 1.29 is 4.79 Å². The lowest BCUT2D eigenvalue weighted by atomic mass is 10.1. The second-order valence-electron chi connectivity index (χ2n) is 4.84. The van der Waals surface area contributed by atoms with Crippen LogP contribution in [0.15, 0.2) is 22.6 Å². The van der Waals surface area contributed by atoms with E-state index in [1.54, 1.807) is 4.90 Å². The molecule has 2 rings (SSSR count). The maximum atomic E-state index is 10.9. The Bertz CT molecular complexity index is 548. The number of carbonyl (C=O) groups excluding carboxylic acids is 1. The number of hydrogen-bond acceptors (Lipinski definition) is 6. The van der Waals surface area contributed by atoms with Crippen LogP contribution in [0.2, 0.25) is 0 Å². The highest BCUT2D eigenvalue weighted by Gasteiger charge is 2.26. The lowest BCUT2D eigenvalue weighted by Crippen LogP contribution is -2.39. The molecule has 0 bridgehead atoms. The molecule has 2 heterocycles. The average molecular weight is 274 g/mol. The monoisotopic (exact) mass is 274 g/mol. The van der Waals surface area contributed by atoms with Crippen LogP contribution in [0.25, 0.3) is 0 Å². The van der Waals surface area contributed by atoms with Gasteiger partial charge in [-0.2, -0.15) is 5.11 Å². The summed E-state index contributed by atoms with van der Waals surface area (Å²) in [6, 6.07) is 1.68. The second kappa shape index (κ2) is 5.77. The van der Waals surface area contributed by atoms with Crippen LogP contribution in [0.5, 0.6) is 0 Å². The average Bonchev–Trinajstić information content (AvgIpc) is 2.38. The van der Waals surface area contributed by atoms with E-state index in [1.165, 1.54) is 0 Å². The summed E-state index contributed by atoms with van der Waals surface area (Å²) in [5.41, 5.74) is 10.4. The zero-order valence-corrected chi connectivity index (χ0v) is 11.8. The molecule has 1 amide bonds. The summed E-state index contributed by atoms with van der Waals surface area (Å²) in [7, 11) is 0. The molecule has 1 aromatic rings. The van der Waals surface area contributed by atoms with E-state index in [2.05, 4.69) is 20.4 Å². The first-order valence-corrected chi connectivity index (χ1v) is 6.46. The fourth-order valence-electron chi connectivity index (χ4n) is 2.32. The van der Waals surface area contributed by atoms with Gasteiger partial charge in [0.25, 0.3) is 0 Å². The van der Waals surface area contributed by atoms with Gasteiger partial charge in [-0.1, -0.05) is 0 Å². The zero-order valence-electron chi connectivity index (χ0n) is 11.8. The molecule has 1 atom stereocenters. The molecule has 0 aliphatic carbocycles. The van der Waals surface area contributed by atoms with E-state index < -0.39 is 0 Å². The molecule has 7 nitrogen and oxygen atoms in total. The summed E-state index contributed by atoms with van der Waals surface area (Å²) in [6.45, 7) is 6.26. The molecule has 106 valence electrons. The van der Waals surface area contributed by atoms with Crippen molar-refractivity contribution in [3.8, 4) is 0 Å². The minimum absolute atomic E-state index is 0.216. The molecule has 0 fully saturated rings. The van der Waals surface area contributed by atoms with Crippen LogP contribution in [0, 0.1) is 19.4 Å². The first-order chi connectivity index (χ1) is 9.55. The number of nitrogens with zero attached hydrogens (tertiary/aromatic N) is 4. The van der Waals surface area contributed by atoms with Crippen LogP contribution in [0.3, 0.4) is 0 Å². The second-order valence-corrected chi connectivity index (χ2v) is 4.84. The molecule has 0 spiro atoms. The Morgan fingerprint density at radius 2 is 2.10 bits per heavy atom. The Labute approximate surface area is 117 Å². The van der Waals surface area contributed by atoms with Gasteiger partial charge in [-0.3, -0.25) is 4.79 Å². The first-order valence-electron chi connectivity index (χ1n) is 6.46. The van der Waals surface area contributed by atoms with Crippen LogP contribution >= 0.6 is 0 Å². The van der Waals surface area contributed by atoms with E-state index in [9.17, 15) is 4.79 Å². The highest BCUT2D eigenvalue weighted by Crippen LogP contribution is 2.24. The van der Waals surface area contributed by atoms with Crippen molar-refractivity contribution in [2.75, 3.05) is 11.9 Å². The molecular formula is C13H18N6O. The molecule has 0 radical (unpaired) electrons. The van der Waals surface area contributed by atoms with Crippen LogP contribution in [-0.4, -0.2) is 33.9 Å². The zero-order chi connectivity index (χ0) is 14.7. The van der Waals surface area contributed by atoms with Crippen LogP contribution in [0.1, 0.15) is 24.7 Å². The topological polar surface area (TPSA) is 94.3 Å². The van der Waals surface area contributed by atoms with Gasteiger partial charge in [-0.25, -0.2) is 15.5 Å². The Hall–Kier alpha value is -2.31. The van der Waals surface area contributed by atoms with E-state index in [1.807, 2.05) is 26.8 Å². The third kappa shape index (κ3) is 2.81. The van der Waals surface area contributed by atoms with Gasteiger partial charge in [0.1, 0.15) is 5.70 Å². The number of amides is 1. The lowest BCUT2D eigenvalue weighted by molar-refractivity contribution is -0.119. The molecule has 1 unspecified atom stereocenters. The molecule has 1 aromatic heterocycles. The standard InChI is InChI=1S/C13H18N6O/c1-8-6-9(2)16-13(15-8)17-11-4-5-19(7-20)10(3)12(11)18-14/h6-7,10,14H,4-5H2,1-3H3,(H,15,16,17). The van der Waals surface area contributed by atoms with E-state index >= 15 is 0 Å². The maximum absolute atomic E-state index is 10.9. The number of hydrogen-bond donors (Lipinski definition) is 2. The van der Waals surface area contributed by atoms with Crippen molar-refractivity contribution >= 4 is 12.4 Å². The van der Waals surface area contributed by atoms with E-state index in [-0.39, 0.29) is 6.04 Å². The largest absolute Gasteiger partial charge is 0.336 e. The fourth-order valence-corrected chi connectivity index (χ4v) is 2.32. The molecule has 2 N–H and O–H groups in total. The van der Waals surface area contributed by atoms with Crippen molar-refractivity contribution in [3.63, 3.8) is 0 Å². The number of nitrogens with one attached hydrogen (secondary N) is 2. The predicted molar refractivity (Wildman–Crippen MR) is 74.2 cm³/mol. The minimum atomic E-state index is -0.216. The van der Waals surface area contributed by atoms with Crippen LogP contribution < -0.4 is 5.32 Å². The van der Waals surface area contributed by atoms with Crippen molar-refractivity contribution in [1.29, 1.82) is 5.53 Å². The normalized spacial score (nSPS) is 18.9. The third-order valence-corrected chi connectivity index (χ3v) is 3.32. The molecular weight excluding hydrogens is 256 g/mol. The van der Waals surface area contributed by atoms with Gasteiger partial charge in [-0.05, 0) is 26.8 Å². The van der Waals surface area contributed by atoms with E-state index in [0.29, 0.717) is 24.6 Å². The lowest BCUT2D eigenvalue weighted by Gasteiger charge is -2.31. The van der Waals surface area contributed by atoms with Crippen molar-refractivity contribution in [1.82, 2.24) is 14.9 Å².